The summed E-state index contributed by atoms with van der Waals surface area (Å²) in [4.78, 5) is 10.8. The summed E-state index contributed by atoms with van der Waals surface area (Å²) in [5.41, 5.74) is 4.08. The number of aryl methyl sites for hydroxylation is 1. The number of fused-ring (bicyclic) bond motifs is 1. The molecule has 0 bridgehead atoms. The molecule has 1 N–H and O–H groups in total. The number of furan rings is 1. The second-order valence-electron chi connectivity index (χ2n) is 8.50. The molecule has 0 aliphatic carbocycles. The van der Waals surface area contributed by atoms with E-state index in [1.807, 2.05) is 32.0 Å². The minimum absolute atomic E-state index is 0.0936. The number of carboxylic acid groups (broad SMARTS) is 1. The second kappa shape index (κ2) is 7.90. The topological polar surface area (TPSA) is 59.7 Å². The minimum atomic E-state index is -0.814. The number of carbonyl (C=O) groups is 1. The molecule has 0 unspecified atom stereocenters. The molecule has 3 rings (SSSR count). The third-order valence-corrected chi connectivity index (χ3v) is 5.24. The summed E-state index contributed by atoms with van der Waals surface area (Å²) >= 11 is 0. The molecule has 0 fully saturated rings. The van der Waals surface area contributed by atoms with E-state index in [1.165, 1.54) is 12.1 Å². The third-order valence-electron chi connectivity index (χ3n) is 5.24. The Morgan fingerprint density at radius 2 is 1.83 bits per heavy atom. The van der Waals surface area contributed by atoms with Crippen molar-refractivity contribution >= 4 is 16.9 Å². The van der Waals surface area contributed by atoms with E-state index in [9.17, 15) is 9.18 Å². The van der Waals surface area contributed by atoms with Crippen LogP contribution >= 0.6 is 0 Å². The van der Waals surface area contributed by atoms with E-state index in [2.05, 4.69) is 20.8 Å². The molecule has 0 saturated heterocycles. The van der Waals surface area contributed by atoms with E-state index in [0.29, 0.717) is 23.3 Å². The molecule has 0 amide bonds. The van der Waals surface area contributed by atoms with Gasteiger partial charge in [0.25, 0.3) is 0 Å². The highest BCUT2D eigenvalue weighted by Crippen LogP contribution is 2.33. The fraction of sp³-hybridized carbons (Fsp3) is 0.375. The van der Waals surface area contributed by atoms with Crippen LogP contribution in [0.15, 0.2) is 34.7 Å². The molecule has 1 heterocycles. The van der Waals surface area contributed by atoms with Crippen molar-refractivity contribution in [1.82, 2.24) is 0 Å². The van der Waals surface area contributed by atoms with Gasteiger partial charge in [0, 0.05) is 22.8 Å². The van der Waals surface area contributed by atoms with Crippen molar-refractivity contribution in [2.24, 2.45) is 0 Å². The number of halogens is 1. The van der Waals surface area contributed by atoms with Crippen LogP contribution in [0, 0.1) is 19.7 Å². The van der Waals surface area contributed by atoms with E-state index >= 15 is 0 Å². The van der Waals surface area contributed by atoms with Crippen molar-refractivity contribution in [2.45, 2.75) is 59.5 Å². The first-order valence-corrected chi connectivity index (χ1v) is 9.72. The average Bonchev–Trinajstić information content (AvgIpc) is 3.06. The molecule has 4 nitrogen and oxygen atoms in total. The maximum absolute atomic E-state index is 14.1. The molecule has 0 radical (unpaired) electrons. The highest BCUT2D eigenvalue weighted by Gasteiger charge is 2.21. The van der Waals surface area contributed by atoms with Crippen molar-refractivity contribution in [3.8, 4) is 5.75 Å². The number of rotatable bonds is 6. The van der Waals surface area contributed by atoms with Crippen LogP contribution in [0.3, 0.4) is 0 Å². The first kappa shape index (κ1) is 20.9. The number of benzene rings is 2. The number of hydrogen-bond acceptors (Lipinski definition) is 3. The number of aliphatic carboxylic acids is 1. The molecule has 0 aliphatic heterocycles. The van der Waals surface area contributed by atoms with Gasteiger partial charge in [-0.3, -0.25) is 4.79 Å². The molecule has 154 valence electrons. The van der Waals surface area contributed by atoms with Crippen LogP contribution in [-0.4, -0.2) is 11.1 Å². The Balaban J connectivity index is 1.86. The molecule has 0 saturated carbocycles. The van der Waals surface area contributed by atoms with Gasteiger partial charge in [-0.15, -0.1) is 0 Å². The van der Waals surface area contributed by atoms with E-state index in [-0.39, 0.29) is 24.3 Å². The van der Waals surface area contributed by atoms with Crippen molar-refractivity contribution in [2.75, 3.05) is 0 Å². The SMILES string of the molecule is Cc1c(CCC(=O)O)ccc(OCc2cc(F)cc3cc(C(C)(C)C)oc23)c1C. The highest BCUT2D eigenvalue weighted by molar-refractivity contribution is 5.81. The summed E-state index contributed by atoms with van der Waals surface area (Å²) in [6.07, 6.45) is 0.575. The van der Waals surface area contributed by atoms with Crippen LogP contribution in [0.1, 0.15) is 55.2 Å². The van der Waals surface area contributed by atoms with Crippen LogP contribution in [0.25, 0.3) is 11.0 Å². The van der Waals surface area contributed by atoms with E-state index in [0.717, 1.165) is 27.8 Å². The minimum Gasteiger partial charge on any atom is -0.488 e. The number of ether oxygens (including phenoxy) is 1. The first-order valence-electron chi connectivity index (χ1n) is 9.72. The van der Waals surface area contributed by atoms with Crippen molar-refractivity contribution < 1.29 is 23.4 Å². The Labute approximate surface area is 170 Å². The van der Waals surface area contributed by atoms with Gasteiger partial charge in [-0.05, 0) is 61.2 Å². The lowest BCUT2D eigenvalue weighted by Crippen LogP contribution is -2.08. The van der Waals surface area contributed by atoms with Gasteiger partial charge in [0.05, 0.1) is 0 Å². The number of carboxylic acids is 1. The van der Waals surface area contributed by atoms with Gasteiger partial charge in [-0.2, -0.15) is 0 Å². The van der Waals surface area contributed by atoms with Crippen LogP contribution in [-0.2, 0) is 23.2 Å². The average molecular weight is 398 g/mol. The summed E-state index contributed by atoms with van der Waals surface area (Å²) in [5, 5.41) is 9.62. The van der Waals surface area contributed by atoms with E-state index in [1.54, 1.807) is 0 Å². The zero-order valence-electron chi connectivity index (χ0n) is 17.6. The zero-order chi connectivity index (χ0) is 21.3. The van der Waals surface area contributed by atoms with Gasteiger partial charge in [0.15, 0.2) is 0 Å². The largest absolute Gasteiger partial charge is 0.488 e. The van der Waals surface area contributed by atoms with E-state index < -0.39 is 5.97 Å². The Hall–Kier alpha value is -2.82. The molecular formula is C24H27FO4. The summed E-state index contributed by atoms with van der Waals surface area (Å²) < 4.78 is 26.2. The van der Waals surface area contributed by atoms with Crippen LogP contribution < -0.4 is 4.74 Å². The fourth-order valence-corrected chi connectivity index (χ4v) is 3.34. The Morgan fingerprint density at radius 3 is 2.48 bits per heavy atom. The van der Waals surface area contributed by atoms with Crippen molar-refractivity contribution in [3.05, 3.63) is 64.2 Å². The Morgan fingerprint density at radius 1 is 1.10 bits per heavy atom. The van der Waals surface area contributed by atoms with E-state index in [4.69, 9.17) is 14.3 Å². The molecule has 29 heavy (non-hydrogen) atoms. The maximum atomic E-state index is 14.1. The van der Waals surface area contributed by atoms with Gasteiger partial charge in [-0.1, -0.05) is 26.8 Å². The fourth-order valence-electron chi connectivity index (χ4n) is 3.34. The third kappa shape index (κ3) is 4.61. The molecule has 3 aromatic rings. The normalized spacial score (nSPS) is 11.8. The summed E-state index contributed by atoms with van der Waals surface area (Å²) in [5.74, 6) is 0.357. The van der Waals surface area contributed by atoms with Gasteiger partial charge in [0.1, 0.15) is 29.5 Å². The standard InChI is InChI=1S/C24H27FO4/c1-14-15(2)20(8-6-16(14)7-9-22(26)27)28-13-18-11-19(25)10-17-12-21(24(3,4)5)29-23(17)18/h6,8,10-12H,7,9,13H2,1-5H3,(H,26,27). The molecular weight excluding hydrogens is 371 g/mol. The zero-order valence-corrected chi connectivity index (χ0v) is 17.6. The first-order chi connectivity index (χ1) is 13.6. The maximum Gasteiger partial charge on any atom is 0.303 e. The lowest BCUT2D eigenvalue weighted by atomic mass is 9.93. The summed E-state index contributed by atoms with van der Waals surface area (Å²) in [6.45, 7) is 10.2. The lowest BCUT2D eigenvalue weighted by molar-refractivity contribution is -0.136. The summed E-state index contributed by atoms with van der Waals surface area (Å²) in [6, 6.07) is 8.55. The van der Waals surface area contributed by atoms with Crippen molar-refractivity contribution in [3.63, 3.8) is 0 Å². The van der Waals surface area contributed by atoms with Gasteiger partial charge in [-0.25, -0.2) is 4.39 Å². The quantitative estimate of drug-likeness (QED) is 0.546. The highest BCUT2D eigenvalue weighted by atomic mass is 19.1. The van der Waals surface area contributed by atoms with Crippen LogP contribution in [0.4, 0.5) is 4.39 Å². The second-order valence-corrected chi connectivity index (χ2v) is 8.50. The molecule has 0 atom stereocenters. The van der Waals surface area contributed by atoms with Crippen LogP contribution in [0.2, 0.25) is 0 Å². The Kier molecular flexibility index (Phi) is 5.69. The lowest BCUT2D eigenvalue weighted by Gasteiger charge is -2.15. The van der Waals surface area contributed by atoms with Gasteiger partial charge < -0.3 is 14.3 Å². The molecule has 5 heteroatoms. The number of hydrogen-bond donors (Lipinski definition) is 1. The molecule has 1 aromatic heterocycles. The molecule has 0 aliphatic rings. The monoisotopic (exact) mass is 398 g/mol. The molecule has 0 spiro atoms. The van der Waals surface area contributed by atoms with Crippen LogP contribution in [0.5, 0.6) is 5.75 Å². The predicted molar refractivity (Wildman–Crippen MR) is 111 cm³/mol. The summed E-state index contributed by atoms with van der Waals surface area (Å²) in [7, 11) is 0. The Bertz CT molecular complexity index is 1060. The predicted octanol–water partition coefficient (Wildman–Crippen LogP) is 6.08. The smallest absolute Gasteiger partial charge is 0.303 e. The van der Waals surface area contributed by atoms with Gasteiger partial charge in [0.2, 0.25) is 0 Å². The molecule has 2 aromatic carbocycles. The van der Waals surface area contributed by atoms with Crippen molar-refractivity contribution in [1.29, 1.82) is 0 Å². The van der Waals surface area contributed by atoms with Gasteiger partial charge >= 0.3 is 5.97 Å².